The van der Waals surface area contributed by atoms with Crippen LogP contribution in [0.25, 0.3) is 10.2 Å². The van der Waals surface area contributed by atoms with Crippen LogP contribution >= 0.6 is 34.4 Å². The molecule has 4 rings (SSSR count). The first-order valence-corrected chi connectivity index (χ1v) is 12.2. The highest BCUT2D eigenvalue weighted by molar-refractivity contribution is 8.01. The van der Waals surface area contributed by atoms with E-state index in [-0.39, 0.29) is 17.3 Å². The summed E-state index contributed by atoms with van der Waals surface area (Å²) in [6, 6.07) is 12.6. The van der Waals surface area contributed by atoms with Crippen molar-refractivity contribution < 1.29 is 9.72 Å². The molecule has 1 amide bonds. The molecule has 0 spiro atoms. The van der Waals surface area contributed by atoms with E-state index in [1.807, 2.05) is 12.1 Å². The SMILES string of the molecule is CC(C)c1ccc(Nc2nnc(SCC(=O)Nc3nc4ccc([N+](=O)[O-])cc4s3)s2)cc1. The number of thiazole rings is 1. The van der Waals surface area contributed by atoms with E-state index in [9.17, 15) is 14.9 Å². The molecule has 9 nitrogen and oxygen atoms in total. The van der Waals surface area contributed by atoms with Gasteiger partial charge in [0.15, 0.2) is 9.47 Å². The van der Waals surface area contributed by atoms with Crippen molar-refractivity contribution in [2.75, 3.05) is 16.4 Å². The lowest BCUT2D eigenvalue weighted by atomic mass is 10.0. The number of anilines is 3. The highest BCUT2D eigenvalue weighted by atomic mass is 32.2. The van der Waals surface area contributed by atoms with Crippen LogP contribution in [-0.4, -0.2) is 31.8 Å². The summed E-state index contributed by atoms with van der Waals surface area (Å²) in [5, 5.41) is 26.1. The minimum atomic E-state index is -0.458. The molecule has 2 aromatic carbocycles. The van der Waals surface area contributed by atoms with Crippen molar-refractivity contribution in [1.82, 2.24) is 15.2 Å². The first-order chi connectivity index (χ1) is 15.4. The Morgan fingerprint density at radius 2 is 1.91 bits per heavy atom. The Balaban J connectivity index is 1.31. The van der Waals surface area contributed by atoms with Crippen molar-refractivity contribution in [3.8, 4) is 0 Å². The van der Waals surface area contributed by atoms with Crippen molar-refractivity contribution in [2.24, 2.45) is 0 Å². The van der Waals surface area contributed by atoms with Crippen molar-refractivity contribution in [3.05, 3.63) is 58.1 Å². The number of hydrogen-bond acceptors (Lipinski definition) is 10. The zero-order valence-electron chi connectivity index (χ0n) is 17.1. The number of rotatable bonds is 8. The molecule has 0 saturated carbocycles. The molecule has 0 unspecified atom stereocenters. The number of nitro groups is 1. The predicted octanol–water partition coefficient (Wildman–Crippen LogP) is 5.65. The number of nitrogens with zero attached hydrogens (tertiary/aromatic N) is 4. The van der Waals surface area contributed by atoms with Gasteiger partial charge in [-0.15, -0.1) is 10.2 Å². The fourth-order valence-electron chi connectivity index (χ4n) is 2.76. The van der Waals surface area contributed by atoms with Crippen LogP contribution in [0, 0.1) is 10.1 Å². The molecule has 4 aromatic rings. The molecule has 0 atom stereocenters. The van der Waals surface area contributed by atoms with E-state index in [1.54, 1.807) is 6.07 Å². The number of carbonyl (C=O) groups excluding carboxylic acids is 1. The second-order valence-electron chi connectivity index (χ2n) is 7.04. The number of hydrogen-bond donors (Lipinski definition) is 2. The smallest absolute Gasteiger partial charge is 0.270 e. The van der Waals surface area contributed by atoms with Crippen molar-refractivity contribution >= 4 is 72.2 Å². The average molecular weight is 487 g/mol. The summed E-state index contributed by atoms with van der Waals surface area (Å²) >= 11 is 3.84. The minimum absolute atomic E-state index is 0.00821. The summed E-state index contributed by atoms with van der Waals surface area (Å²) in [5.74, 6) is 0.381. The third-order valence-electron chi connectivity index (χ3n) is 4.39. The summed E-state index contributed by atoms with van der Waals surface area (Å²) in [4.78, 5) is 27.0. The maximum atomic E-state index is 12.3. The molecule has 2 heterocycles. The summed E-state index contributed by atoms with van der Waals surface area (Å²) < 4.78 is 1.31. The Morgan fingerprint density at radius 1 is 1.12 bits per heavy atom. The van der Waals surface area contributed by atoms with Crippen molar-refractivity contribution in [2.45, 2.75) is 24.1 Å². The van der Waals surface area contributed by atoms with E-state index in [2.05, 4.69) is 51.8 Å². The van der Waals surface area contributed by atoms with Crippen LogP contribution in [0.4, 0.5) is 21.6 Å². The highest BCUT2D eigenvalue weighted by Gasteiger charge is 2.13. The van der Waals surface area contributed by atoms with Gasteiger partial charge >= 0.3 is 0 Å². The van der Waals surface area contributed by atoms with Crippen LogP contribution in [0.3, 0.4) is 0 Å². The van der Waals surface area contributed by atoms with Gasteiger partial charge in [-0.1, -0.05) is 60.4 Å². The zero-order chi connectivity index (χ0) is 22.7. The van der Waals surface area contributed by atoms with Crippen LogP contribution in [-0.2, 0) is 4.79 Å². The number of nitro benzene ring substituents is 1. The van der Waals surface area contributed by atoms with E-state index in [1.165, 1.54) is 52.1 Å². The van der Waals surface area contributed by atoms with Crippen LogP contribution in [0.15, 0.2) is 46.8 Å². The largest absolute Gasteiger partial charge is 0.330 e. The molecule has 0 bridgehead atoms. The summed E-state index contributed by atoms with van der Waals surface area (Å²) in [7, 11) is 0. The van der Waals surface area contributed by atoms with E-state index in [0.29, 0.717) is 30.7 Å². The second kappa shape index (κ2) is 9.59. The van der Waals surface area contributed by atoms with Gasteiger partial charge in [-0.25, -0.2) is 4.98 Å². The molecule has 2 N–H and O–H groups in total. The van der Waals surface area contributed by atoms with E-state index in [0.717, 1.165) is 5.69 Å². The zero-order valence-corrected chi connectivity index (χ0v) is 19.5. The number of fused-ring (bicyclic) bond motifs is 1. The van der Waals surface area contributed by atoms with Crippen LogP contribution in [0.2, 0.25) is 0 Å². The van der Waals surface area contributed by atoms with Crippen LogP contribution < -0.4 is 10.6 Å². The number of carbonyl (C=O) groups is 1. The molecular formula is C20H18N6O3S3. The third-order valence-corrected chi connectivity index (χ3v) is 7.30. The maximum Gasteiger partial charge on any atom is 0.270 e. The Labute approximate surface area is 195 Å². The number of nitrogens with one attached hydrogen (secondary N) is 2. The molecule has 164 valence electrons. The van der Waals surface area contributed by atoms with Crippen molar-refractivity contribution in [1.29, 1.82) is 0 Å². The van der Waals surface area contributed by atoms with E-state index >= 15 is 0 Å². The normalized spacial score (nSPS) is 11.1. The van der Waals surface area contributed by atoms with Gasteiger partial charge in [-0.05, 0) is 29.7 Å². The molecular weight excluding hydrogens is 468 g/mol. The Bertz CT molecular complexity index is 1270. The van der Waals surface area contributed by atoms with Gasteiger partial charge in [0.2, 0.25) is 11.0 Å². The summed E-state index contributed by atoms with van der Waals surface area (Å²) in [6.45, 7) is 4.30. The van der Waals surface area contributed by atoms with E-state index < -0.39 is 4.92 Å². The summed E-state index contributed by atoms with van der Waals surface area (Å²) in [6.07, 6.45) is 0. The lowest BCUT2D eigenvalue weighted by Crippen LogP contribution is -2.13. The molecule has 0 aliphatic carbocycles. The number of aromatic nitrogens is 3. The first kappa shape index (κ1) is 22.1. The molecule has 32 heavy (non-hydrogen) atoms. The first-order valence-electron chi connectivity index (χ1n) is 9.55. The molecule has 0 radical (unpaired) electrons. The monoisotopic (exact) mass is 486 g/mol. The van der Waals surface area contributed by atoms with E-state index in [4.69, 9.17) is 0 Å². The Morgan fingerprint density at radius 3 is 2.62 bits per heavy atom. The number of non-ortho nitro benzene ring substituents is 1. The van der Waals surface area contributed by atoms with Gasteiger partial charge in [0.1, 0.15) is 0 Å². The standard InChI is InChI=1S/C20H18N6O3S3/c1-11(2)12-3-5-13(6-4-12)21-19-24-25-20(32-19)30-10-17(27)23-18-22-15-8-7-14(26(28)29)9-16(15)31-18/h3-9,11H,10H2,1-2H3,(H,21,24)(H,22,23,27). The van der Waals surface area contributed by atoms with Crippen molar-refractivity contribution in [3.63, 3.8) is 0 Å². The molecule has 12 heteroatoms. The van der Waals surface area contributed by atoms with Gasteiger partial charge in [0.05, 0.1) is 20.9 Å². The second-order valence-corrected chi connectivity index (χ2v) is 10.3. The van der Waals surface area contributed by atoms with Gasteiger partial charge in [0.25, 0.3) is 5.69 Å². The Hall–Kier alpha value is -3.09. The molecule has 0 fully saturated rings. The third kappa shape index (κ3) is 5.39. The quantitative estimate of drug-likeness (QED) is 0.186. The van der Waals surface area contributed by atoms with Crippen LogP contribution in [0.5, 0.6) is 0 Å². The maximum absolute atomic E-state index is 12.3. The highest BCUT2D eigenvalue weighted by Crippen LogP contribution is 2.31. The average Bonchev–Trinajstić information content (AvgIpc) is 3.38. The van der Waals surface area contributed by atoms with Gasteiger partial charge in [0, 0.05) is 17.8 Å². The number of benzene rings is 2. The molecule has 2 aromatic heterocycles. The fourth-order valence-corrected chi connectivity index (χ4v) is 5.24. The van der Waals surface area contributed by atoms with Crippen LogP contribution in [0.1, 0.15) is 25.3 Å². The molecule has 0 aliphatic heterocycles. The predicted molar refractivity (Wildman–Crippen MR) is 129 cm³/mol. The van der Waals surface area contributed by atoms with Gasteiger partial charge in [-0.2, -0.15) is 0 Å². The summed E-state index contributed by atoms with van der Waals surface area (Å²) in [5.41, 5.74) is 2.79. The van der Waals surface area contributed by atoms with Gasteiger partial charge in [-0.3, -0.25) is 14.9 Å². The number of thioether (sulfide) groups is 1. The molecule has 0 aliphatic rings. The lowest BCUT2D eigenvalue weighted by molar-refractivity contribution is -0.384. The topological polar surface area (TPSA) is 123 Å². The number of amides is 1. The lowest BCUT2D eigenvalue weighted by Gasteiger charge is -2.06. The Kier molecular flexibility index (Phi) is 6.63. The molecule has 0 saturated heterocycles. The fraction of sp³-hybridized carbons (Fsp3) is 0.200. The minimum Gasteiger partial charge on any atom is -0.330 e. The van der Waals surface area contributed by atoms with Gasteiger partial charge < -0.3 is 10.6 Å².